The van der Waals surface area contributed by atoms with Crippen LogP contribution in [0.1, 0.15) is 56.6 Å². The van der Waals surface area contributed by atoms with Crippen molar-refractivity contribution in [3.05, 3.63) is 34.2 Å². The van der Waals surface area contributed by atoms with E-state index in [4.69, 9.17) is 5.11 Å². The molecule has 180 valence electrons. The maximum Gasteiger partial charge on any atom is 0.329 e. The summed E-state index contributed by atoms with van der Waals surface area (Å²) in [6.07, 6.45) is 7.20. The first-order valence-corrected chi connectivity index (χ1v) is 11.6. The molecule has 3 N–H and O–H groups in total. The Hall–Kier alpha value is -2.78. The monoisotopic (exact) mass is 458 g/mol. The number of aryl methyl sites for hydroxylation is 2. The second-order valence-corrected chi connectivity index (χ2v) is 8.98. The van der Waals surface area contributed by atoms with Crippen LogP contribution in [0.3, 0.4) is 0 Å². The molecule has 1 aromatic heterocycles. The molecule has 2 aromatic rings. The van der Waals surface area contributed by atoms with Crippen molar-refractivity contribution in [2.24, 2.45) is 12.5 Å². The number of imidazole rings is 1. The molecule has 0 radical (unpaired) electrons. The summed E-state index contributed by atoms with van der Waals surface area (Å²) < 4.78 is 3.08. The van der Waals surface area contributed by atoms with Gasteiger partial charge in [-0.25, -0.2) is 4.79 Å². The Morgan fingerprint density at radius 1 is 1.15 bits per heavy atom. The van der Waals surface area contributed by atoms with Gasteiger partial charge in [0.25, 0.3) is 0 Å². The summed E-state index contributed by atoms with van der Waals surface area (Å²) in [6.45, 7) is 1.94. The van der Waals surface area contributed by atoms with Gasteiger partial charge in [0, 0.05) is 27.0 Å². The van der Waals surface area contributed by atoms with E-state index in [1.54, 1.807) is 11.6 Å². The molecule has 0 saturated carbocycles. The average molecular weight is 459 g/mol. The third kappa shape index (κ3) is 5.25. The number of amides is 2. The van der Waals surface area contributed by atoms with E-state index < -0.39 is 11.9 Å². The van der Waals surface area contributed by atoms with Crippen molar-refractivity contribution < 1.29 is 19.5 Å². The fraction of sp³-hybridized carbons (Fsp3) is 0.583. The summed E-state index contributed by atoms with van der Waals surface area (Å²) in [4.78, 5) is 47.9. The third-order valence-electron chi connectivity index (χ3n) is 7.03. The van der Waals surface area contributed by atoms with Crippen LogP contribution in [0.15, 0.2) is 23.0 Å². The summed E-state index contributed by atoms with van der Waals surface area (Å²) in [5.41, 5.74) is 2.50. The van der Waals surface area contributed by atoms with Crippen LogP contribution in [0.25, 0.3) is 11.0 Å². The minimum absolute atomic E-state index is 0.110. The van der Waals surface area contributed by atoms with Crippen molar-refractivity contribution in [1.29, 1.82) is 0 Å². The van der Waals surface area contributed by atoms with E-state index in [9.17, 15) is 19.2 Å². The Kier molecular flexibility index (Phi) is 8.20. The van der Waals surface area contributed by atoms with Crippen LogP contribution in [0, 0.1) is 5.41 Å². The van der Waals surface area contributed by atoms with E-state index in [-0.39, 0.29) is 23.4 Å². The Morgan fingerprint density at radius 3 is 2.55 bits per heavy atom. The molecule has 1 atom stereocenters. The zero-order chi connectivity index (χ0) is 24.0. The summed E-state index contributed by atoms with van der Waals surface area (Å²) in [5, 5.41) is 12.7. The van der Waals surface area contributed by atoms with E-state index in [0.29, 0.717) is 18.4 Å². The van der Waals surface area contributed by atoms with E-state index in [0.717, 1.165) is 69.7 Å². The number of rotatable bonds is 7. The highest BCUT2D eigenvalue weighted by Gasteiger charge is 2.32. The predicted molar refractivity (Wildman–Crippen MR) is 125 cm³/mol. The average Bonchev–Trinajstić information content (AvgIpc) is 3.06. The lowest BCUT2D eigenvalue weighted by molar-refractivity contribution is -0.135. The Bertz CT molecular complexity index is 1060. The molecule has 0 bridgehead atoms. The van der Waals surface area contributed by atoms with Crippen LogP contribution in [-0.2, 0) is 27.9 Å². The number of aliphatic hydroxyl groups excluding tert-OH is 1. The number of benzene rings is 1. The number of fused-ring (bicyclic) bond motifs is 1. The molecule has 2 aliphatic rings. The maximum atomic E-state index is 12.9. The van der Waals surface area contributed by atoms with Crippen molar-refractivity contribution in [3.8, 4) is 0 Å². The van der Waals surface area contributed by atoms with Gasteiger partial charge < -0.3 is 15.2 Å². The number of hydrogen-bond acceptors (Lipinski definition) is 6. The van der Waals surface area contributed by atoms with E-state index in [1.807, 2.05) is 18.2 Å². The van der Waals surface area contributed by atoms with Gasteiger partial charge in [0.05, 0.1) is 11.0 Å². The highest BCUT2D eigenvalue weighted by Crippen LogP contribution is 2.37. The molecule has 1 aromatic carbocycles. The number of aromatic nitrogens is 2. The van der Waals surface area contributed by atoms with Gasteiger partial charge in [-0.05, 0) is 74.7 Å². The topological polar surface area (TPSA) is 122 Å². The smallest absolute Gasteiger partial charge is 0.329 e. The summed E-state index contributed by atoms with van der Waals surface area (Å²) >= 11 is 0. The summed E-state index contributed by atoms with van der Waals surface area (Å²) in [7, 11) is 2.71. The number of hydrogen-bond donors (Lipinski definition) is 3. The molecule has 33 heavy (non-hydrogen) atoms. The summed E-state index contributed by atoms with van der Waals surface area (Å²) in [6, 6.07) is 5.27. The molecule has 3 heterocycles. The van der Waals surface area contributed by atoms with Gasteiger partial charge in [0.1, 0.15) is 12.3 Å². The van der Waals surface area contributed by atoms with Crippen LogP contribution in [0.5, 0.6) is 0 Å². The molecule has 2 saturated heterocycles. The fourth-order valence-electron chi connectivity index (χ4n) is 5.15. The lowest BCUT2D eigenvalue weighted by Gasteiger charge is -2.36. The number of nitrogens with one attached hydrogen (secondary N) is 2. The first kappa shape index (κ1) is 24.9. The van der Waals surface area contributed by atoms with Crippen LogP contribution < -0.4 is 16.3 Å². The van der Waals surface area contributed by atoms with Gasteiger partial charge in [-0.3, -0.25) is 24.0 Å². The zero-order valence-electron chi connectivity index (χ0n) is 19.4. The van der Waals surface area contributed by atoms with Gasteiger partial charge in [0.2, 0.25) is 11.8 Å². The van der Waals surface area contributed by atoms with Crippen LogP contribution in [0.2, 0.25) is 0 Å². The van der Waals surface area contributed by atoms with Crippen molar-refractivity contribution in [1.82, 2.24) is 19.8 Å². The van der Waals surface area contributed by atoms with E-state index >= 15 is 0 Å². The molecule has 9 heteroatoms. The molecule has 2 amide bonds. The number of aliphatic hydroxyl groups is 1. The Morgan fingerprint density at radius 2 is 1.88 bits per heavy atom. The van der Waals surface area contributed by atoms with Gasteiger partial charge in [-0.1, -0.05) is 6.07 Å². The van der Waals surface area contributed by atoms with Gasteiger partial charge in [0.15, 0.2) is 0 Å². The first-order valence-electron chi connectivity index (χ1n) is 11.6. The zero-order valence-corrected chi connectivity index (χ0v) is 19.4. The number of carbonyl (C=O) groups is 3. The molecule has 9 nitrogen and oxygen atoms in total. The van der Waals surface area contributed by atoms with E-state index in [2.05, 4.69) is 10.6 Å². The molecule has 0 spiro atoms. The summed E-state index contributed by atoms with van der Waals surface area (Å²) in [5.74, 6) is -0.713. The molecular formula is C24H34N4O5. The number of nitrogens with zero attached hydrogens (tertiary/aromatic N) is 2. The number of carbonyl (C=O) groups excluding carboxylic acids is 3. The van der Waals surface area contributed by atoms with E-state index in [1.165, 1.54) is 4.57 Å². The second kappa shape index (κ2) is 10.9. The molecule has 1 unspecified atom stereocenters. The van der Waals surface area contributed by atoms with Gasteiger partial charge in [-0.15, -0.1) is 0 Å². The van der Waals surface area contributed by atoms with Crippen molar-refractivity contribution in [2.45, 2.75) is 57.4 Å². The second-order valence-electron chi connectivity index (χ2n) is 8.98. The maximum absolute atomic E-state index is 12.9. The fourth-order valence-corrected chi connectivity index (χ4v) is 5.15. The lowest BCUT2D eigenvalue weighted by Crippen LogP contribution is -2.44. The van der Waals surface area contributed by atoms with Crippen molar-refractivity contribution >= 4 is 29.1 Å². The minimum atomic E-state index is -0.664. The van der Waals surface area contributed by atoms with Crippen LogP contribution >= 0.6 is 0 Å². The quantitative estimate of drug-likeness (QED) is 0.423. The third-order valence-corrected chi connectivity index (χ3v) is 7.03. The van der Waals surface area contributed by atoms with Crippen LogP contribution in [-0.4, -0.2) is 52.5 Å². The van der Waals surface area contributed by atoms with Crippen molar-refractivity contribution in [2.75, 3.05) is 20.2 Å². The Balaban J connectivity index is 0.00000149. The molecule has 2 aliphatic heterocycles. The lowest BCUT2D eigenvalue weighted by atomic mass is 9.73. The van der Waals surface area contributed by atoms with Crippen LogP contribution in [0.4, 0.5) is 0 Å². The standard InChI is InChI=1S/C23H30N4O4.CH4O/c1-26-19-15-16(3-2-8-23(11-14-28)9-12-24-13-10-23)4-5-17(19)27(22(26)31)18-6-7-20(29)25-21(18)30;1-2/h4-5,14-15,18,24H,2-3,6-13H2,1H3,(H,25,29,30);2H,1H3. The van der Waals surface area contributed by atoms with Gasteiger partial charge in [-0.2, -0.15) is 0 Å². The molecular weight excluding hydrogens is 424 g/mol. The minimum Gasteiger partial charge on any atom is -0.400 e. The first-order chi connectivity index (χ1) is 15.9. The predicted octanol–water partition coefficient (Wildman–Crippen LogP) is 1.21. The van der Waals surface area contributed by atoms with Gasteiger partial charge >= 0.3 is 5.69 Å². The molecule has 0 aliphatic carbocycles. The highest BCUT2D eigenvalue weighted by atomic mass is 16.2. The molecule has 4 rings (SSSR count). The SMILES string of the molecule is CO.Cn1c(=O)n(C2CCC(=O)NC2=O)c2ccc(CCCC3(CC=O)CCNCC3)cc21. The largest absolute Gasteiger partial charge is 0.400 e. The number of imide groups is 1. The highest BCUT2D eigenvalue weighted by molar-refractivity contribution is 6.00. The van der Waals surface area contributed by atoms with Crippen molar-refractivity contribution in [3.63, 3.8) is 0 Å². The number of piperidine rings is 2. The number of aldehydes is 1. The Labute approximate surface area is 193 Å². The molecule has 2 fully saturated rings. The normalized spacial score (nSPS) is 20.2.